The molecule has 8 nitrogen and oxygen atoms in total. The average molecular weight is 467 g/mol. The van der Waals surface area contributed by atoms with Crippen LogP contribution in [0.15, 0.2) is 54.7 Å². The predicted molar refractivity (Wildman–Crippen MR) is 128 cm³/mol. The highest BCUT2D eigenvalue weighted by Crippen LogP contribution is 2.28. The van der Waals surface area contributed by atoms with Crippen LogP contribution >= 0.6 is 0 Å². The Morgan fingerprint density at radius 1 is 1.03 bits per heavy atom. The molecule has 0 bridgehead atoms. The number of carbonyl (C=O) groups excluding carboxylic acids is 2. The molecule has 1 atom stereocenters. The first kappa shape index (κ1) is 24.8. The zero-order chi connectivity index (χ0) is 24.7. The summed E-state index contributed by atoms with van der Waals surface area (Å²) in [6.45, 7) is 5.62. The van der Waals surface area contributed by atoms with Gasteiger partial charge in [-0.3, -0.25) is 4.98 Å². The van der Waals surface area contributed by atoms with Crippen molar-refractivity contribution < 1.29 is 28.5 Å². The molecule has 1 N–H and O–H groups in total. The van der Waals surface area contributed by atoms with Crippen molar-refractivity contribution in [1.29, 1.82) is 0 Å². The van der Waals surface area contributed by atoms with E-state index in [2.05, 4.69) is 10.3 Å². The molecular formula is C26H30N2O6. The van der Waals surface area contributed by atoms with Crippen molar-refractivity contribution >= 4 is 23.0 Å². The van der Waals surface area contributed by atoms with Gasteiger partial charge in [0.25, 0.3) is 0 Å². The molecule has 0 aliphatic heterocycles. The minimum absolute atomic E-state index is 0.201. The van der Waals surface area contributed by atoms with Gasteiger partial charge < -0.3 is 24.3 Å². The first-order valence-electron chi connectivity index (χ1n) is 10.9. The molecule has 0 aliphatic rings. The van der Waals surface area contributed by atoms with Crippen molar-refractivity contribution in [3.63, 3.8) is 0 Å². The van der Waals surface area contributed by atoms with Crippen LogP contribution in [0.25, 0.3) is 10.9 Å². The summed E-state index contributed by atoms with van der Waals surface area (Å²) in [6, 6.07) is 14.1. The number of ether oxygens (including phenoxy) is 4. The molecule has 1 heterocycles. The summed E-state index contributed by atoms with van der Waals surface area (Å²) in [4.78, 5) is 29.2. The quantitative estimate of drug-likeness (QED) is 0.491. The standard InChI is InChI=1S/C26H30N2O6/c1-26(2,3)34-25(30)28-21(24(29)32-5)15-18-10-13-22(23-20(18)7-6-14-27-23)33-16-17-8-11-19(31-4)12-9-17/h6-14,21H,15-16H2,1-5H3,(H,28,30). The topological polar surface area (TPSA) is 96.0 Å². The van der Waals surface area contributed by atoms with Gasteiger partial charge in [0.15, 0.2) is 0 Å². The summed E-state index contributed by atoms with van der Waals surface area (Å²) in [5.41, 5.74) is 1.77. The number of amides is 1. The van der Waals surface area contributed by atoms with E-state index in [1.165, 1.54) is 7.11 Å². The second kappa shape index (κ2) is 10.9. The maximum Gasteiger partial charge on any atom is 0.408 e. The van der Waals surface area contributed by atoms with E-state index in [1.54, 1.807) is 34.1 Å². The highest BCUT2D eigenvalue weighted by Gasteiger charge is 2.26. The van der Waals surface area contributed by atoms with Crippen LogP contribution in [0.5, 0.6) is 11.5 Å². The number of esters is 1. The SMILES string of the molecule is COC(=O)C(Cc1ccc(OCc2ccc(OC)cc2)c2ncccc12)NC(=O)OC(C)(C)C. The second-order valence-corrected chi connectivity index (χ2v) is 8.69. The molecule has 1 unspecified atom stereocenters. The summed E-state index contributed by atoms with van der Waals surface area (Å²) in [5.74, 6) is 0.827. The van der Waals surface area contributed by atoms with Gasteiger partial charge in [-0.1, -0.05) is 24.3 Å². The van der Waals surface area contributed by atoms with Crippen molar-refractivity contribution in [2.75, 3.05) is 14.2 Å². The van der Waals surface area contributed by atoms with Crippen LogP contribution in [0, 0.1) is 0 Å². The van der Waals surface area contributed by atoms with Gasteiger partial charge in [-0.25, -0.2) is 9.59 Å². The van der Waals surface area contributed by atoms with Gasteiger partial charge in [0.05, 0.1) is 14.2 Å². The third kappa shape index (κ3) is 6.60. The van der Waals surface area contributed by atoms with E-state index in [1.807, 2.05) is 48.5 Å². The van der Waals surface area contributed by atoms with Crippen LogP contribution in [-0.4, -0.2) is 42.9 Å². The van der Waals surface area contributed by atoms with Crippen LogP contribution < -0.4 is 14.8 Å². The lowest BCUT2D eigenvalue weighted by Gasteiger charge is -2.23. The van der Waals surface area contributed by atoms with Crippen molar-refractivity contribution in [2.24, 2.45) is 0 Å². The van der Waals surface area contributed by atoms with Gasteiger partial charge in [-0.05, 0) is 56.2 Å². The third-order valence-electron chi connectivity index (χ3n) is 4.98. The Balaban J connectivity index is 1.81. The average Bonchev–Trinajstić information content (AvgIpc) is 2.81. The molecule has 0 saturated carbocycles. The molecule has 0 aliphatic carbocycles. The number of carbonyl (C=O) groups is 2. The van der Waals surface area contributed by atoms with Crippen LogP contribution in [-0.2, 0) is 27.3 Å². The highest BCUT2D eigenvalue weighted by molar-refractivity contribution is 5.89. The maximum atomic E-state index is 12.4. The molecular weight excluding hydrogens is 436 g/mol. The molecule has 0 radical (unpaired) electrons. The monoisotopic (exact) mass is 466 g/mol. The zero-order valence-electron chi connectivity index (χ0n) is 20.1. The van der Waals surface area contributed by atoms with Gasteiger partial charge in [0.1, 0.15) is 35.3 Å². The van der Waals surface area contributed by atoms with Crippen molar-refractivity contribution in [3.05, 3.63) is 65.9 Å². The zero-order valence-corrected chi connectivity index (χ0v) is 20.1. The van der Waals surface area contributed by atoms with E-state index < -0.39 is 23.7 Å². The van der Waals surface area contributed by atoms with Crippen LogP contribution in [0.3, 0.4) is 0 Å². The van der Waals surface area contributed by atoms with Gasteiger partial charge in [0, 0.05) is 18.0 Å². The summed E-state index contributed by atoms with van der Waals surface area (Å²) in [5, 5.41) is 3.42. The number of hydrogen-bond acceptors (Lipinski definition) is 7. The molecule has 1 amide bonds. The fraction of sp³-hybridized carbons (Fsp3) is 0.346. The van der Waals surface area contributed by atoms with Gasteiger partial charge in [-0.2, -0.15) is 0 Å². The lowest BCUT2D eigenvalue weighted by Crippen LogP contribution is -2.45. The molecule has 34 heavy (non-hydrogen) atoms. The lowest BCUT2D eigenvalue weighted by atomic mass is 10.0. The third-order valence-corrected chi connectivity index (χ3v) is 4.98. The summed E-state index contributed by atoms with van der Waals surface area (Å²) in [7, 11) is 2.90. The van der Waals surface area contributed by atoms with Gasteiger partial charge in [-0.15, -0.1) is 0 Å². The summed E-state index contributed by atoms with van der Waals surface area (Å²) >= 11 is 0. The Bertz CT molecular complexity index is 1140. The number of nitrogens with zero attached hydrogens (tertiary/aromatic N) is 1. The van der Waals surface area contributed by atoms with Crippen molar-refractivity contribution in [3.8, 4) is 11.5 Å². The molecule has 1 aromatic heterocycles. The summed E-state index contributed by atoms with van der Waals surface area (Å²) in [6.07, 6.45) is 1.19. The van der Waals surface area contributed by atoms with E-state index >= 15 is 0 Å². The normalized spacial score (nSPS) is 12.0. The molecule has 180 valence electrons. The molecule has 0 saturated heterocycles. The Hall–Kier alpha value is -3.81. The Labute approximate surface area is 199 Å². The number of benzene rings is 2. The van der Waals surface area contributed by atoms with E-state index in [0.717, 1.165) is 22.3 Å². The van der Waals surface area contributed by atoms with Crippen LogP contribution in [0.4, 0.5) is 4.79 Å². The van der Waals surface area contributed by atoms with Crippen LogP contribution in [0.2, 0.25) is 0 Å². The predicted octanol–water partition coefficient (Wildman–Crippen LogP) is 4.43. The molecule has 3 rings (SSSR count). The van der Waals surface area contributed by atoms with Crippen molar-refractivity contribution in [1.82, 2.24) is 10.3 Å². The number of hydrogen-bond donors (Lipinski definition) is 1. The molecule has 3 aromatic rings. The van der Waals surface area contributed by atoms with Crippen LogP contribution in [0.1, 0.15) is 31.9 Å². The van der Waals surface area contributed by atoms with E-state index in [0.29, 0.717) is 17.9 Å². The Morgan fingerprint density at radius 2 is 1.76 bits per heavy atom. The maximum absolute atomic E-state index is 12.4. The Kier molecular flexibility index (Phi) is 7.94. The largest absolute Gasteiger partial charge is 0.497 e. The number of rotatable bonds is 8. The molecule has 0 fully saturated rings. The summed E-state index contributed by atoms with van der Waals surface area (Å²) < 4.78 is 21.4. The van der Waals surface area contributed by atoms with E-state index in [-0.39, 0.29) is 6.42 Å². The number of nitrogens with one attached hydrogen (secondary N) is 1. The van der Waals surface area contributed by atoms with E-state index in [9.17, 15) is 9.59 Å². The lowest BCUT2D eigenvalue weighted by molar-refractivity contribution is -0.143. The number of alkyl carbamates (subject to hydrolysis) is 1. The second-order valence-electron chi connectivity index (χ2n) is 8.69. The first-order chi connectivity index (χ1) is 16.2. The first-order valence-corrected chi connectivity index (χ1v) is 10.9. The smallest absolute Gasteiger partial charge is 0.408 e. The number of aromatic nitrogens is 1. The number of methoxy groups -OCH3 is 2. The highest BCUT2D eigenvalue weighted by atomic mass is 16.6. The molecule has 0 spiro atoms. The fourth-order valence-electron chi connectivity index (χ4n) is 3.39. The Morgan fingerprint density at radius 3 is 2.41 bits per heavy atom. The molecule has 2 aromatic carbocycles. The van der Waals surface area contributed by atoms with Crippen molar-refractivity contribution in [2.45, 2.75) is 45.4 Å². The number of pyridine rings is 1. The fourth-order valence-corrected chi connectivity index (χ4v) is 3.39. The minimum Gasteiger partial charge on any atom is -0.497 e. The number of fused-ring (bicyclic) bond motifs is 1. The molecule has 8 heteroatoms. The minimum atomic E-state index is -0.922. The van der Waals surface area contributed by atoms with Gasteiger partial charge in [0.2, 0.25) is 0 Å². The van der Waals surface area contributed by atoms with E-state index in [4.69, 9.17) is 18.9 Å². The van der Waals surface area contributed by atoms with Gasteiger partial charge >= 0.3 is 12.1 Å².